The first-order valence-corrected chi connectivity index (χ1v) is 44.0. The minimum absolute atomic E-state index is 0.0147. The topological polar surface area (TPSA) is 676 Å². The Bertz CT molecular complexity index is 4450. The summed E-state index contributed by atoms with van der Waals surface area (Å²) in [6, 6.07) is 0.499. The highest BCUT2D eigenvalue weighted by molar-refractivity contribution is 6.01. The van der Waals surface area contributed by atoms with Crippen LogP contribution in [0.3, 0.4) is 0 Å². The summed E-state index contributed by atoms with van der Waals surface area (Å²) in [7, 11) is 0. The van der Waals surface area contributed by atoms with Crippen LogP contribution in [0.25, 0.3) is 10.9 Å². The van der Waals surface area contributed by atoms with Crippen LogP contribution >= 0.6 is 0 Å². The van der Waals surface area contributed by atoms with E-state index in [-0.39, 0.29) is 114 Å². The molecule has 129 heavy (non-hydrogen) atoms. The number of aromatic hydroxyl groups is 1. The standard InChI is InChI=1S/C88H136N22O19/c1-12-49(9)71(83(125)100-60(30-22-38-96-88(93)94)74(116)107-70(48(7)8)85(127)110-39-23-31-66(110)86(128)129)109-80(122)63(41-52-24-15-14-16-25-52)102-76(118)61(40-46(3)4)105-84(126)72(50(10)13-2)108-75(117)58(28-19-20-36-89)99-82(124)69(47(5)6)106-73(115)59(29-21-37-95-87(91)92)98-77(119)62(42-53-32-34-55(112)35-33-53)101-79(121)65(44-67(113)114)103-78(120)64(104-81(123)68(90)51(11)111)43-54-45-97-57-27-18-17-26-56(54)57/h14-18,24-27,32-35,45-51,58-66,68-72,97,111-112H,12-13,19-23,28-31,36-44,89-90H2,1-11H3,(H,98,119)(H,99,124)(H,100,125)(H,101,121)(H,102,118)(H,103,120)(H,104,123)(H,105,126)(H,106,115)(H,107,116)(H,108,117)(H,109,122)(H,113,114)(H,128,129)(H4,91,92,95)(H4,93,94,96)/t49-,50-,51+,58-,59-,60-,61-,62-,63-,64-,65-,66-,68-,69-,70-,71-,72-/m0/s1. The van der Waals surface area contributed by atoms with Gasteiger partial charge in [0.15, 0.2) is 11.9 Å². The number of hydrogen-bond donors (Lipinski definition) is 25. The SMILES string of the molecule is CC[C@H](C)[C@H](NC(=O)[C@H](CCCCN)NC(=O)[C@@H](NC(=O)[C@H](CCCNC(=N)N)NC(=O)[C@H](Cc1ccc(O)cc1)NC(=O)[C@H](CC(=O)O)NC(=O)[C@H](Cc1c[nH]c2ccccc12)NC(=O)[C@@H](N)[C@@H](C)O)C(C)C)C(=O)N[C@@H](CC(C)C)C(=O)N[C@@H](Cc1ccccc1)C(=O)N[C@H](C(=O)N[C@@H](CCCNC(=N)N)C(=O)N[C@H](C(=O)N1CCC[C@H]1C(=O)O)C(C)C)[C@@H](C)CC. The van der Waals surface area contributed by atoms with Crippen LogP contribution in [0.15, 0.2) is 85.1 Å². The number of amides is 13. The number of aromatic nitrogens is 1. The van der Waals surface area contributed by atoms with Gasteiger partial charge in [-0.2, -0.15) is 0 Å². The molecule has 2 heterocycles. The summed E-state index contributed by atoms with van der Waals surface area (Å²) in [6.45, 7) is 18.6. The molecule has 13 amide bonds. The van der Waals surface area contributed by atoms with Crippen molar-refractivity contribution in [3.05, 3.63) is 102 Å². The Kier molecular flexibility index (Phi) is 44.2. The number of guanidine groups is 2. The van der Waals surface area contributed by atoms with Gasteiger partial charge in [-0.15, -0.1) is 0 Å². The molecule has 0 spiro atoms. The Morgan fingerprint density at radius 2 is 0.876 bits per heavy atom. The van der Waals surface area contributed by atoms with Gasteiger partial charge >= 0.3 is 11.9 Å². The van der Waals surface area contributed by atoms with Gasteiger partial charge in [-0.05, 0) is 142 Å². The van der Waals surface area contributed by atoms with E-state index in [0.29, 0.717) is 46.9 Å². The molecule has 1 saturated heterocycles. The molecule has 0 aliphatic carbocycles. The lowest BCUT2D eigenvalue weighted by Crippen LogP contribution is -2.62. The molecule has 0 saturated carbocycles. The van der Waals surface area contributed by atoms with Crippen LogP contribution < -0.4 is 97.4 Å². The number of carbonyl (C=O) groups is 15. The van der Waals surface area contributed by atoms with Crippen molar-refractivity contribution in [2.24, 2.45) is 52.5 Å². The van der Waals surface area contributed by atoms with Crippen LogP contribution in [-0.2, 0) is 91.2 Å². The van der Waals surface area contributed by atoms with Crippen LogP contribution in [0.5, 0.6) is 5.75 Å². The van der Waals surface area contributed by atoms with Gasteiger partial charge in [-0.25, -0.2) is 4.79 Å². The average molecular weight is 1810 g/mol. The second-order valence-electron chi connectivity index (χ2n) is 34.1. The fourth-order valence-corrected chi connectivity index (χ4v) is 14.6. The van der Waals surface area contributed by atoms with E-state index >= 15 is 14.4 Å². The first-order chi connectivity index (χ1) is 61.0. The number of hydrogen-bond acceptors (Lipinski definition) is 21. The third kappa shape index (κ3) is 34.9. The van der Waals surface area contributed by atoms with Crippen LogP contribution in [0, 0.1) is 40.4 Å². The maximum Gasteiger partial charge on any atom is 0.326 e. The maximum atomic E-state index is 15.0. The number of carbonyl (C=O) groups excluding carboxylic acids is 13. The number of H-pyrrole nitrogens is 1. The van der Waals surface area contributed by atoms with Crippen molar-refractivity contribution in [1.29, 1.82) is 10.8 Å². The fourth-order valence-electron chi connectivity index (χ4n) is 14.6. The number of fused-ring (bicyclic) bond motifs is 1. The number of benzene rings is 3. The van der Waals surface area contributed by atoms with Gasteiger partial charge in [0.05, 0.1) is 12.5 Å². The molecule has 29 N–H and O–H groups in total. The lowest BCUT2D eigenvalue weighted by molar-refractivity contribution is -0.150. The number of aliphatic hydroxyl groups excluding tert-OH is 1. The number of nitrogens with zero attached hydrogens (tertiary/aromatic N) is 1. The van der Waals surface area contributed by atoms with Crippen molar-refractivity contribution >= 4 is 112 Å². The highest BCUT2D eigenvalue weighted by Crippen LogP contribution is 2.24. The van der Waals surface area contributed by atoms with Crippen LogP contribution in [0.4, 0.5) is 0 Å². The van der Waals surface area contributed by atoms with Gasteiger partial charge < -0.3 is 128 Å². The van der Waals surface area contributed by atoms with Crippen molar-refractivity contribution in [2.75, 3.05) is 26.2 Å². The van der Waals surface area contributed by atoms with Crippen LogP contribution in [-0.4, -0.2) is 248 Å². The number of nitrogens with two attached hydrogens (primary N) is 4. The summed E-state index contributed by atoms with van der Waals surface area (Å²) < 4.78 is 0. The Labute approximate surface area is 751 Å². The van der Waals surface area contributed by atoms with Gasteiger partial charge in [0.1, 0.15) is 90.3 Å². The summed E-state index contributed by atoms with van der Waals surface area (Å²) >= 11 is 0. The molecular weight excluding hydrogens is 1670 g/mol. The summed E-state index contributed by atoms with van der Waals surface area (Å²) in [6.07, 6.45) is 0.0121. The zero-order valence-electron chi connectivity index (χ0n) is 75.4. The van der Waals surface area contributed by atoms with Crippen molar-refractivity contribution < 1.29 is 92.3 Å². The van der Waals surface area contributed by atoms with Crippen LogP contribution in [0.2, 0.25) is 0 Å². The zero-order chi connectivity index (χ0) is 96.1. The van der Waals surface area contributed by atoms with Gasteiger partial charge in [0, 0.05) is 56.0 Å². The number of carboxylic acids is 2. The van der Waals surface area contributed by atoms with E-state index < -0.39 is 222 Å². The normalized spacial score (nSPS) is 16.3. The molecule has 41 nitrogen and oxygen atoms in total. The molecule has 1 aromatic heterocycles. The molecule has 41 heteroatoms. The number of phenols is 1. The summed E-state index contributed by atoms with van der Waals surface area (Å²) in [5.41, 5.74) is 25.1. The Morgan fingerprint density at radius 1 is 0.473 bits per heavy atom. The van der Waals surface area contributed by atoms with E-state index in [1.165, 1.54) is 36.1 Å². The predicted octanol–water partition coefficient (Wildman–Crippen LogP) is -0.917. The molecule has 1 aliphatic rings. The second-order valence-corrected chi connectivity index (χ2v) is 34.1. The molecule has 712 valence electrons. The molecule has 0 bridgehead atoms. The molecule has 0 radical (unpaired) electrons. The molecule has 17 atom stereocenters. The van der Waals surface area contributed by atoms with E-state index in [1.54, 1.807) is 130 Å². The average Bonchev–Trinajstić information content (AvgIpc) is 1.79. The molecule has 3 aromatic carbocycles. The van der Waals surface area contributed by atoms with Crippen LogP contribution in [0.1, 0.15) is 176 Å². The molecule has 4 aromatic rings. The van der Waals surface area contributed by atoms with Crippen molar-refractivity contribution in [3.63, 3.8) is 0 Å². The summed E-state index contributed by atoms with van der Waals surface area (Å²) in [5.74, 6) is -18.4. The number of likely N-dealkylation sites (tertiary alicyclic amines) is 1. The largest absolute Gasteiger partial charge is 0.508 e. The monoisotopic (exact) mass is 1810 g/mol. The van der Waals surface area contributed by atoms with Crippen molar-refractivity contribution in [3.8, 4) is 5.75 Å². The van der Waals surface area contributed by atoms with Gasteiger partial charge in [0.25, 0.3) is 0 Å². The number of para-hydroxylation sites is 1. The Balaban J connectivity index is 1.42. The first kappa shape index (κ1) is 107. The second kappa shape index (κ2) is 53.3. The number of unbranched alkanes of at least 4 members (excludes halogenated alkanes) is 1. The molecule has 1 fully saturated rings. The molecule has 0 unspecified atom stereocenters. The van der Waals surface area contributed by atoms with E-state index in [1.807, 2.05) is 0 Å². The fraction of sp³-hybridized carbons (Fsp3) is 0.580. The number of aromatic amines is 1. The smallest absolute Gasteiger partial charge is 0.326 e. The van der Waals surface area contributed by atoms with E-state index in [0.717, 1.165) is 0 Å². The first-order valence-electron chi connectivity index (χ1n) is 44.0. The van der Waals surface area contributed by atoms with E-state index in [4.69, 9.17) is 33.8 Å². The summed E-state index contributed by atoms with van der Waals surface area (Å²) in [4.78, 5) is 220. The molecule has 5 rings (SSSR count). The van der Waals surface area contributed by atoms with Gasteiger partial charge in [0.2, 0.25) is 76.8 Å². The Hall–Kier alpha value is -12.5. The number of carboxylic acid groups (broad SMARTS) is 2. The lowest BCUT2D eigenvalue weighted by Gasteiger charge is -2.32. The lowest BCUT2D eigenvalue weighted by atomic mass is 9.95. The zero-order valence-corrected chi connectivity index (χ0v) is 75.4. The minimum Gasteiger partial charge on any atom is -0.508 e. The number of nitrogens with one attached hydrogen (secondary N) is 17. The number of aliphatic hydroxyl groups is 1. The highest BCUT2D eigenvalue weighted by Gasteiger charge is 2.43. The quantitative estimate of drug-likeness (QED) is 0.0144. The number of rotatable bonds is 55. The van der Waals surface area contributed by atoms with E-state index in [2.05, 4.69) is 79.4 Å². The van der Waals surface area contributed by atoms with Crippen molar-refractivity contribution in [1.82, 2.24) is 84.3 Å². The third-order valence-electron chi connectivity index (χ3n) is 22.5. The summed E-state index contributed by atoms with van der Waals surface area (Å²) in [5, 5.41) is 94.1. The molecular formula is C88H136N22O19. The van der Waals surface area contributed by atoms with Gasteiger partial charge in [-0.1, -0.05) is 143 Å². The van der Waals surface area contributed by atoms with E-state index in [9.17, 15) is 78.0 Å². The van der Waals surface area contributed by atoms with Crippen molar-refractivity contribution in [2.45, 2.75) is 270 Å². The number of aliphatic carboxylic acids is 2. The number of phenolic OH excluding ortho intramolecular Hbond substituents is 1. The molecule has 1 aliphatic heterocycles. The van der Waals surface area contributed by atoms with Gasteiger partial charge in [-0.3, -0.25) is 77.9 Å². The maximum absolute atomic E-state index is 15.0. The third-order valence-corrected chi connectivity index (χ3v) is 22.5. The predicted molar refractivity (Wildman–Crippen MR) is 481 cm³/mol. The minimum atomic E-state index is -1.96. The Morgan fingerprint density at radius 3 is 1.35 bits per heavy atom. The highest BCUT2D eigenvalue weighted by atomic mass is 16.4.